The number of anilines is 1. The highest BCUT2D eigenvalue weighted by atomic mass is 35.5. The first-order valence-corrected chi connectivity index (χ1v) is 8.03. The van der Waals surface area contributed by atoms with Crippen LogP contribution in [0, 0.1) is 0 Å². The molecule has 0 amide bonds. The number of alkyl halides is 8. The lowest BCUT2D eigenvalue weighted by atomic mass is 10.2. The monoisotopic (exact) mass is 446 g/mol. The zero-order chi connectivity index (χ0) is 21.0. The molecule has 0 aliphatic heterocycles. The molecule has 28 heavy (non-hydrogen) atoms. The first kappa shape index (κ1) is 20.5. The van der Waals surface area contributed by atoms with Crippen molar-refractivity contribution in [3.05, 3.63) is 46.2 Å². The van der Waals surface area contributed by atoms with Crippen molar-refractivity contribution in [3.8, 4) is 5.69 Å². The van der Waals surface area contributed by atoms with Crippen LogP contribution in [0.4, 0.5) is 36.6 Å². The molecule has 2 heterocycles. The fourth-order valence-electron chi connectivity index (χ4n) is 2.51. The molecule has 0 fully saturated rings. The summed E-state index contributed by atoms with van der Waals surface area (Å²) in [5.74, 6) is -0.590. The molecule has 3 rings (SSSR count). The Morgan fingerprint density at radius 3 is 2.18 bits per heavy atom. The first-order valence-electron chi connectivity index (χ1n) is 7.22. The largest absolute Gasteiger partial charge is 0.434 e. The molecule has 0 spiro atoms. The molecule has 0 aliphatic rings. The number of nitrogens with two attached hydrogens (primary N) is 1. The third kappa shape index (κ3) is 3.55. The molecule has 0 radical (unpaired) electrons. The molecule has 1 aromatic carbocycles. The van der Waals surface area contributed by atoms with Crippen molar-refractivity contribution in [1.82, 2.24) is 14.8 Å². The highest BCUT2D eigenvalue weighted by Gasteiger charge is 2.38. The molecule has 0 bridgehead atoms. The van der Waals surface area contributed by atoms with Gasteiger partial charge < -0.3 is 5.73 Å². The van der Waals surface area contributed by atoms with Gasteiger partial charge in [-0.05, 0) is 24.3 Å². The van der Waals surface area contributed by atoms with Gasteiger partial charge in [0.25, 0.3) is 0 Å². The van der Waals surface area contributed by atoms with E-state index in [2.05, 4.69) is 10.1 Å². The van der Waals surface area contributed by atoms with E-state index in [1.165, 1.54) is 0 Å². The number of hydrogen-bond donors (Lipinski definition) is 1. The van der Waals surface area contributed by atoms with Crippen LogP contribution in [-0.2, 0) is 12.4 Å². The van der Waals surface area contributed by atoms with Crippen molar-refractivity contribution >= 4 is 39.9 Å². The molecule has 2 N–H and O–H groups in total. The smallest absolute Gasteiger partial charge is 0.383 e. The Bertz CT molecular complexity index is 1060. The number of nitrogens with zero attached hydrogens (tertiary/aromatic N) is 3. The summed E-state index contributed by atoms with van der Waals surface area (Å²) in [6, 6.07) is 2.99. The number of aromatic nitrogens is 3. The Kier molecular flexibility index (Phi) is 4.87. The van der Waals surface area contributed by atoms with Gasteiger partial charge in [0.2, 0.25) is 5.63 Å². The van der Waals surface area contributed by atoms with Crippen LogP contribution < -0.4 is 5.73 Å². The van der Waals surface area contributed by atoms with Crippen molar-refractivity contribution in [2.75, 3.05) is 5.73 Å². The number of rotatable bonds is 2. The Hall–Kier alpha value is -2.27. The predicted octanol–water partition coefficient (Wildman–Crippen LogP) is 5.90. The lowest BCUT2D eigenvalue weighted by Crippen LogP contribution is -2.11. The Balaban J connectivity index is 2.28. The average molecular weight is 447 g/mol. The number of halogens is 9. The molecular weight excluding hydrogens is 440 g/mol. The van der Waals surface area contributed by atoms with E-state index in [1.54, 1.807) is 0 Å². The van der Waals surface area contributed by atoms with E-state index in [-0.39, 0.29) is 5.69 Å². The third-order valence-electron chi connectivity index (χ3n) is 3.71. The molecule has 2 aromatic heterocycles. The first-order chi connectivity index (χ1) is 12.8. The molecular formula is C15H7Cl2F7N4. The number of fused-ring (bicyclic) bond motifs is 1. The van der Waals surface area contributed by atoms with E-state index in [0.717, 1.165) is 16.8 Å². The lowest BCUT2D eigenvalue weighted by Gasteiger charge is -2.11. The van der Waals surface area contributed by atoms with Gasteiger partial charge in [0, 0.05) is 0 Å². The summed E-state index contributed by atoms with van der Waals surface area (Å²) in [5, 5.41) is 2.69. The fraction of sp³-hybridized carbons (Fsp3) is 0.200. The van der Waals surface area contributed by atoms with Crippen LogP contribution in [0.2, 0.25) is 5.02 Å². The van der Waals surface area contributed by atoms with Crippen molar-refractivity contribution in [1.29, 1.82) is 0 Å². The zero-order valence-corrected chi connectivity index (χ0v) is 14.7. The van der Waals surface area contributed by atoms with E-state index >= 15 is 0 Å². The summed E-state index contributed by atoms with van der Waals surface area (Å²) in [7, 11) is 0. The molecule has 4 nitrogen and oxygen atoms in total. The second-order valence-electron chi connectivity index (χ2n) is 5.55. The molecule has 0 aliphatic carbocycles. The van der Waals surface area contributed by atoms with Gasteiger partial charge in [-0.15, -0.1) is 0 Å². The van der Waals surface area contributed by atoms with E-state index in [4.69, 9.17) is 28.9 Å². The molecule has 0 saturated carbocycles. The molecule has 1 unspecified atom stereocenters. The minimum absolute atomic E-state index is 0.208. The van der Waals surface area contributed by atoms with Gasteiger partial charge in [0.15, 0.2) is 5.69 Å². The van der Waals surface area contributed by atoms with E-state index in [9.17, 15) is 30.7 Å². The zero-order valence-electron chi connectivity index (χ0n) is 13.2. The highest BCUT2D eigenvalue weighted by Crippen LogP contribution is 2.40. The van der Waals surface area contributed by atoms with Crippen molar-refractivity contribution in [2.45, 2.75) is 18.0 Å². The van der Waals surface area contributed by atoms with E-state index in [0.29, 0.717) is 12.1 Å². The SMILES string of the molecule is Nc1c2c(C(F)(F)F)nc(C(F)Cl)cc2nn1-c1ccc(C(F)(F)F)cc1Cl. The molecule has 1 atom stereocenters. The van der Waals surface area contributed by atoms with Gasteiger partial charge in [0.1, 0.15) is 5.82 Å². The summed E-state index contributed by atoms with van der Waals surface area (Å²) in [6.07, 6.45) is -9.70. The fourth-order valence-corrected chi connectivity index (χ4v) is 2.88. The Morgan fingerprint density at radius 2 is 1.68 bits per heavy atom. The Morgan fingerprint density at radius 1 is 1.04 bits per heavy atom. The van der Waals surface area contributed by atoms with Crippen LogP contribution in [0.5, 0.6) is 0 Å². The van der Waals surface area contributed by atoms with Crippen molar-refractivity contribution < 1.29 is 30.7 Å². The summed E-state index contributed by atoms with van der Waals surface area (Å²) in [5.41, 5.74) is -0.565. The van der Waals surface area contributed by atoms with Crippen LogP contribution in [0.3, 0.4) is 0 Å². The average Bonchev–Trinajstić information content (AvgIpc) is 2.89. The summed E-state index contributed by atoms with van der Waals surface area (Å²) in [4.78, 5) is 3.16. The molecule has 150 valence electrons. The standard InChI is InChI=1S/C15H7Cl2F7N4/c16-6-3-5(14(19,20)21)1-2-9(6)28-13(25)10-7(27-28)4-8(12(17)18)26-11(10)15(22,23)24/h1-4,12H,25H2. The van der Waals surface area contributed by atoms with E-state index in [1.807, 2.05) is 0 Å². The number of benzene rings is 1. The van der Waals surface area contributed by atoms with Gasteiger partial charge in [-0.2, -0.15) is 31.4 Å². The Labute approximate surface area is 161 Å². The van der Waals surface area contributed by atoms with Gasteiger partial charge in [-0.1, -0.05) is 23.2 Å². The van der Waals surface area contributed by atoms with Gasteiger partial charge in [-0.3, -0.25) is 0 Å². The summed E-state index contributed by atoms with van der Waals surface area (Å²) >= 11 is 11.0. The molecule has 13 heteroatoms. The van der Waals surface area contributed by atoms with Crippen LogP contribution in [0.1, 0.15) is 22.6 Å². The third-order valence-corrected chi connectivity index (χ3v) is 4.23. The van der Waals surface area contributed by atoms with E-state index < -0.39 is 56.7 Å². The topological polar surface area (TPSA) is 56.7 Å². The lowest BCUT2D eigenvalue weighted by molar-refractivity contribution is -0.140. The second-order valence-corrected chi connectivity index (χ2v) is 6.34. The predicted molar refractivity (Wildman–Crippen MR) is 88.0 cm³/mol. The highest BCUT2D eigenvalue weighted by molar-refractivity contribution is 6.32. The van der Waals surface area contributed by atoms with Gasteiger partial charge in [0.05, 0.1) is 32.9 Å². The number of pyridine rings is 1. The van der Waals surface area contributed by atoms with Crippen molar-refractivity contribution in [2.24, 2.45) is 0 Å². The van der Waals surface area contributed by atoms with Gasteiger partial charge >= 0.3 is 12.4 Å². The quantitative estimate of drug-likeness (QED) is 0.393. The summed E-state index contributed by atoms with van der Waals surface area (Å²) in [6.45, 7) is 0. The van der Waals surface area contributed by atoms with Crippen LogP contribution >= 0.6 is 23.2 Å². The minimum Gasteiger partial charge on any atom is -0.383 e. The van der Waals surface area contributed by atoms with Crippen LogP contribution in [-0.4, -0.2) is 14.8 Å². The normalized spacial score (nSPS) is 13.9. The molecule has 3 aromatic rings. The van der Waals surface area contributed by atoms with Crippen LogP contribution in [0.15, 0.2) is 24.3 Å². The maximum atomic E-state index is 13.3. The maximum absolute atomic E-state index is 13.3. The van der Waals surface area contributed by atoms with Gasteiger partial charge in [-0.25, -0.2) is 14.1 Å². The number of hydrogen-bond acceptors (Lipinski definition) is 3. The number of nitrogen functional groups attached to an aromatic ring is 1. The summed E-state index contributed by atoms with van der Waals surface area (Å²) < 4.78 is 92.4. The molecule has 0 saturated heterocycles. The van der Waals surface area contributed by atoms with Crippen molar-refractivity contribution in [3.63, 3.8) is 0 Å². The minimum atomic E-state index is -5.02. The second kappa shape index (κ2) is 6.66. The maximum Gasteiger partial charge on any atom is 0.434 e. The van der Waals surface area contributed by atoms with Crippen LogP contribution in [0.25, 0.3) is 16.6 Å².